The Morgan fingerprint density at radius 1 is 1.23 bits per heavy atom. The molecule has 0 aliphatic rings. The zero-order valence-corrected chi connectivity index (χ0v) is 13.5. The minimum atomic E-state index is 0.446. The van der Waals surface area contributed by atoms with Crippen molar-refractivity contribution in [1.82, 2.24) is 19.9 Å². The molecule has 112 valence electrons. The van der Waals surface area contributed by atoms with Gasteiger partial charge in [-0.05, 0) is 12.1 Å². The lowest BCUT2D eigenvalue weighted by Crippen LogP contribution is -2.04. The fourth-order valence-electron chi connectivity index (χ4n) is 1.89. The lowest BCUT2D eigenvalue weighted by atomic mass is 10.3. The predicted molar refractivity (Wildman–Crippen MR) is 89.1 cm³/mol. The summed E-state index contributed by atoms with van der Waals surface area (Å²) in [5.74, 6) is 1.44. The van der Waals surface area contributed by atoms with Crippen LogP contribution in [0.25, 0.3) is 10.7 Å². The van der Waals surface area contributed by atoms with Crippen LogP contribution in [0.4, 0.5) is 5.82 Å². The maximum Gasteiger partial charge on any atom is 0.142 e. The minimum absolute atomic E-state index is 0.446. The molecule has 3 aromatic heterocycles. The minimum Gasteiger partial charge on any atom is -0.364 e. The molecule has 0 aliphatic heterocycles. The molecule has 0 unspecified atom stereocenters. The van der Waals surface area contributed by atoms with Crippen LogP contribution in [0.1, 0.15) is 18.4 Å². The van der Waals surface area contributed by atoms with Gasteiger partial charge in [-0.25, -0.2) is 15.0 Å². The molecule has 0 radical (unpaired) electrons. The van der Waals surface area contributed by atoms with Crippen molar-refractivity contribution in [2.45, 2.75) is 19.9 Å². The summed E-state index contributed by atoms with van der Waals surface area (Å²) in [4.78, 5) is 17.4. The Morgan fingerprint density at radius 3 is 2.91 bits per heavy atom. The number of hydrogen-bond donors (Lipinski definition) is 1. The van der Waals surface area contributed by atoms with Crippen molar-refractivity contribution in [2.24, 2.45) is 0 Å². The van der Waals surface area contributed by atoms with Crippen LogP contribution in [0.3, 0.4) is 0 Å². The average Bonchev–Trinajstić information content (AvgIpc) is 3.02. The Bertz CT molecular complexity index is 760. The summed E-state index contributed by atoms with van der Waals surface area (Å²) < 4.78 is 0. The van der Waals surface area contributed by atoms with Crippen molar-refractivity contribution in [2.75, 3.05) is 5.32 Å². The topological polar surface area (TPSA) is 63.6 Å². The molecule has 22 heavy (non-hydrogen) atoms. The van der Waals surface area contributed by atoms with E-state index >= 15 is 0 Å². The van der Waals surface area contributed by atoms with E-state index in [1.165, 1.54) is 0 Å². The van der Waals surface area contributed by atoms with E-state index in [4.69, 9.17) is 11.6 Å². The van der Waals surface area contributed by atoms with Gasteiger partial charge < -0.3 is 5.32 Å². The summed E-state index contributed by atoms with van der Waals surface area (Å²) in [6, 6.07) is 7.51. The molecule has 0 bridgehead atoms. The van der Waals surface area contributed by atoms with Crippen molar-refractivity contribution >= 4 is 28.8 Å². The Hall–Kier alpha value is -2.05. The second-order valence-electron chi connectivity index (χ2n) is 4.56. The van der Waals surface area contributed by atoms with Gasteiger partial charge in [-0.15, -0.1) is 11.3 Å². The maximum absolute atomic E-state index is 5.98. The van der Waals surface area contributed by atoms with E-state index in [-0.39, 0.29) is 0 Å². The molecule has 0 aliphatic carbocycles. The zero-order valence-electron chi connectivity index (χ0n) is 12.0. The van der Waals surface area contributed by atoms with Crippen LogP contribution in [0.15, 0.2) is 35.8 Å². The SMILES string of the molecule is CCc1nc(Cl)cc(NCc2csc(-c3ccccn3)n2)n1. The number of aryl methyl sites for hydroxylation is 1. The Morgan fingerprint density at radius 2 is 2.14 bits per heavy atom. The number of nitrogens with zero attached hydrogens (tertiary/aromatic N) is 4. The number of halogens is 1. The highest BCUT2D eigenvalue weighted by Gasteiger charge is 2.06. The first-order chi connectivity index (χ1) is 10.7. The normalized spacial score (nSPS) is 10.6. The van der Waals surface area contributed by atoms with Crippen LogP contribution in [-0.2, 0) is 13.0 Å². The maximum atomic E-state index is 5.98. The summed E-state index contributed by atoms with van der Waals surface area (Å²) in [6.45, 7) is 2.58. The number of nitrogens with one attached hydrogen (secondary N) is 1. The van der Waals surface area contributed by atoms with Gasteiger partial charge in [0.05, 0.1) is 17.9 Å². The Kier molecular flexibility index (Phi) is 4.60. The van der Waals surface area contributed by atoms with Crippen LogP contribution in [-0.4, -0.2) is 19.9 Å². The highest BCUT2D eigenvalue weighted by molar-refractivity contribution is 7.13. The molecule has 0 saturated carbocycles. The number of pyridine rings is 1. The number of thiazole rings is 1. The van der Waals surface area contributed by atoms with Crippen LogP contribution in [0.5, 0.6) is 0 Å². The zero-order chi connectivity index (χ0) is 15.4. The van der Waals surface area contributed by atoms with Gasteiger partial charge in [0, 0.05) is 24.1 Å². The summed E-state index contributed by atoms with van der Waals surface area (Å²) in [5, 5.41) is 6.60. The fraction of sp³-hybridized carbons (Fsp3) is 0.200. The van der Waals surface area contributed by atoms with E-state index in [1.54, 1.807) is 23.6 Å². The van der Waals surface area contributed by atoms with Crippen LogP contribution < -0.4 is 5.32 Å². The Labute approximate surface area is 137 Å². The molecular weight excluding hydrogens is 318 g/mol. The van der Waals surface area contributed by atoms with E-state index in [9.17, 15) is 0 Å². The van der Waals surface area contributed by atoms with Crippen molar-refractivity contribution in [3.05, 3.63) is 52.5 Å². The highest BCUT2D eigenvalue weighted by Crippen LogP contribution is 2.22. The highest BCUT2D eigenvalue weighted by atomic mass is 35.5. The largest absolute Gasteiger partial charge is 0.364 e. The second kappa shape index (κ2) is 6.81. The number of hydrogen-bond acceptors (Lipinski definition) is 6. The molecule has 1 N–H and O–H groups in total. The van der Waals surface area contributed by atoms with Crippen molar-refractivity contribution in [3.8, 4) is 10.7 Å². The van der Waals surface area contributed by atoms with Gasteiger partial charge in [0.1, 0.15) is 21.8 Å². The van der Waals surface area contributed by atoms with Gasteiger partial charge in [0.15, 0.2) is 0 Å². The molecule has 0 spiro atoms. The van der Waals surface area contributed by atoms with Crippen molar-refractivity contribution in [3.63, 3.8) is 0 Å². The molecule has 3 rings (SSSR count). The van der Waals surface area contributed by atoms with E-state index < -0.39 is 0 Å². The number of rotatable bonds is 5. The van der Waals surface area contributed by atoms with Gasteiger partial charge >= 0.3 is 0 Å². The summed E-state index contributed by atoms with van der Waals surface area (Å²) >= 11 is 7.56. The molecule has 0 aromatic carbocycles. The van der Waals surface area contributed by atoms with Crippen LogP contribution in [0, 0.1) is 0 Å². The van der Waals surface area contributed by atoms with Gasteiger partial charge in [-0.1, -0.05) is 24.6 Å². The van der Waals surface area contributed by atoms with Crippen LogP contribution >= 0.6 is 22.9 Å². The molecule has 0 fully saturated rings. The summed E-state index contributed by atoms with van der Waals surface area (Å²) in [6.07, 6.45) is 2.51. The second-order valence-corrected chi connectivity index (χ2v) is 5.80. The molecule has 3 heterocycles. The van der Waals surface area contributed by atoms with Gasteiger partial charge in [-0.3, -0.25) is 4.98 Å². The molecule has 0 atom stereocenters. The molecule has 0 amide bonds. The lowest BCUT2D eigenvalue weighted by molar-refractivity contribution is 0.929. The average molecular weight is 332 g/mol. The smallest absolute Gasteiger partial charge is 0.142 e. The molecular formula is C15H14ClN5S. The molecule has 5 nitrogen and oxygen atoms in total. The molecule has 7 heteroatoms. The number of anilines is 1. The first-order valence-corrected chi connectivity index (χ1v) is 8.13. The van der Waals surface area contributed by atoms with Crippen LogP contribution in [0.2, 0.25) is 5.15 Å². The van der Waals surface area contributed by atoms with E-state index in [0.29, 0.717) is 17.5 Å². The molecule has 3 aromatic rings. The van der Waals surface area contributed by atoms with E-state index in [1.807, 2.05) is 30.5 Å². The summed E-state index contributed by atoms with van der Waals surface area (Å²) in [5.41, 5.74) is 1.83. The van der Waals surface area contributed by atoms with Gasteiger partial charge in [0.2, 0.25) is 0 Å². The summed E-state index contributed by atoms with van der Waals surface area (Å²) in [7, 11) is 0. The predicted octanol–water partition coefficient (Wildman–Crippen LogP) is 3.82. The quantitative estimate of drug-likeness (QED) is 0.720. The standard InChI is InChI=1S/C15H14ClN5S/c1-2-13-20-12(16)7-14(21-13)18-8-10-9-22-15(19-10)11-5-3-4-6-17-11/h3-7,9H,2,8H2,1H3,(H,18,20,21). The monoisotopic (exact) mass is 331 g/mol. The Balaban J connectivity index is 1.70. The number of aromatic nitrogens is 4. The molecule has 0 saturated heterocycles. The fourth-order valence-corrected chi connectivity index (χ4v) is 2.89. The lowest BCUT2D eigenvalue weighted by Gasteiger charge is -2.05. The first kappa shape index (κ1) is 14.9. The third-order valence-electron chi connectivity index (χ3n) is 2.94. The third-order valence-corrected chi connectivity index (χ3v) is 4.05. The van der Waals surface area contributed by atoms with E-state index in [0.717, 1.165) is 28.6 Å². The van der Waals surface area contributed by atoms with Crippen molar-refractivity contribution in [1.29, 1.82) is 0 Å². The van der Waals surface area contributed by atoms with Gasteiger partial charge in [-0.2, -0.15) is 0 Å². The third kappa shape index (κ3) is 3.58. The van der Waals surface area contributed by atoms with Crippen molar-refractivity contribution < 1.29 is 0 Å². The van der Waals surface area contributed by atoms with E-state index in [2.05, 4.69) is 25.3 Å². The first-order valence-electron chi connectivity index (χ1n) is 6.87. The van der Waals surface area contributed by atoms with Gasteiger partial charge in [0.25, 0.3) is 0 Å².